The standard InChI is InChI=1S/C22H19N3O5S2/c1-15-14-31-22-24-18(11-20(26)25(15)22)13-30-21(27)17-8-5-9-19(10-17)32(28,29)23-12-16-6-3-2-4-7-16/h2-11,14,23H,12-13H2,1H3. The number of nitrogens with one attached hydrogen (secondary N) is 1. The number of aryl methyl sites for hydroxylation is 1. The number of hydrogen-bond donors (Lipinski definition) is 1. The highest BCUT2D eigenvalue weighted by Crippen LogP contribution is 2.15. The van der Waals surface area contributed by atoms with Crippen LogP contribution in [-0.4, -0.2) is 23.8 Å². The fourth-order valence-electron chi connectivity index (χ4n) is 3.05. The van der Waals surface area contributed by atoms with E-state index in [-0.39, 0.29) is 29.2 Å². The number of fused-ring (bicyclic) bond motifs is 1. The van der Waals surface area contributed by atoms with Gasteiger partial charge in [-0.05, 0) is 30.7 Å². The molecule has 2 heterocycles. The Kier molecular flexibility index (Phi) is 6.17. The molecule has 0 unspecified atom stereocenters. The number of ether oxygens (including phenoxy) is 1. The molecule has 0 aliphatic heterocycles. The molecule has 0 atom stereocenters. The Hall–Kier alpha value is -3.34. The van der Waals surface area contributed by atoms with Gasteiger partial charge in [0.15, 0.2) is 4.96 Å². The zero-order valence-corrected chi connectivity index (χ0v) is 18.7. The fourth-order valence-corrected chi connectivity index (χ4v) is 5.00. The van der Waals surface area contributed by atoms with Gasteiger partial charge in [-0.3, -0.25) is 9.20 Å². The monoisotopic (exact) mass is 469 g/mol. The molecule has 0 spiro atoms. The number of aromatic nitrogens is 2. The predicted octanol–water partition coefficient (Wildman–Crippen LogP) is 2.90. The molecule has 32 heavy (non-hydrogen) atoms. The number of benzene rings is 2. The summed E-state index contributed by atoms with van der Waals surface area (Å²) in [7, 11) is -3.82. The Bertz CT molecular complexity index is 1440. The lowest BCUT2D eigenvalue weighted by molar-refractivity contribution is 0.0467. The van der Waals surface area contributed by atoms with Gasteiger partial charge in [-0.1, -0.05) is 36.4 Å². The van der Waals surface area contributed by atoms with Gasteiger partial charge >= 0.3 is 5.97 Å². The molecule has 0 saturated carbocycles. The van der Waals surface area contributed by atoms with Crippen LogP contribution in [0.5, 0.6) is 0 Å². The highest BCUT2D eigenvalue weighted by atomic mass is 32.2. The predicted molar refractivity (Wildman–Crippen MR) is 120 cm³/mol. The van der Waals surface area contributed by atoms with E-state index in [4.69, 9.17) is 4.74 Å². The van der Waals surface area contributed by atoms with Crippen molar-refractivity contribution >= 4 is 32.3 Å². The van der Waals surface area contributed by atoms with Crippen LogP contribution in [-0.2, 0) is 27.9 Å². The molecule has 0 aliphatic carbocycles. The molecule has 2 aromatic carbocycles. The topological polar surface area (TPSA) is 107 Å². The maximum Gasteiger partial charge on any atom is 0.338 e. The van der Waals surface area contributed by atoms with E-state index in [0.29, 0.717) is 10.7 Å². The Morgan fingerprint density at radius 2 is 1.91 bits per heavy atom. The van der Waals surface area contributed by atoms with Gasteiger partial charge in [-0.25, -0.2) is 22.9 Å². The largest absolute Gasteiger partial charge is 0.456 e. The molecule has 0 bridgehead atoms. The smallest absolute Gasteiger partial charge is 0.338 e. The van der Waals surface area contributed by atoms with Crippen LogP contribution < -0.4 is 10.3 Å². The number of carbonyl (C=O) groups excluding carboxylic acids is 1. The second kappa shape index (κ2) is 9.03. The maximum atomic E-state index is 12.6. The average molecular weight is 470 g/mol. The molecule has 0 amide bonds. The number of nitrogens with zero attached hydrogens (tertiary/aromatic N) is 2. The van der Waals surface area contributed by atoms with E-state index >= 15 is 0 Å². The van der Waals surface area contributed by atoms with E-state index in [1.54, 1.807) is 0 Å². The van der Waals surface area contributed by atoms with Crippen molar-refractivity contribution < 1.29 is 17.9 Å². The van der Waals surface area contributed by atoms with Crippen molar-refractivity contribution in [2.24, 2.45) is 0 Å². The van der Waals surface area contributed by atoms with Gasteiger partial charge in [-0.15, -0.1) is 11.3 Å². The van der Waals surface area contributed by atoms with Crippen LogP contribution in [0, 0.1) is 6.92 Å². The summed E-state index contributed by atoms with van der Waals surface area (Å²) in [5.74, 6) is -0.713. The number of carbonyl (C=O) groups is 1. The summed E-state index contributed by atoms with van der Waals surface area (Å²) in [5.41, 5.74) is 1.74. The Morgan fingerprint density at radius 3 is 2.69 bits per heavy atom. The Morgan fingerprint density at radius 1 is 1.12 bits per heavy atom. The molecule has 0 aliphatic rings. The van der Waals surface area contributed by atoms with E-state index in [2.05, 4.69) is 9.71 Å². The third-order valence-electron chi connectivity index (χ3n) is 4.67. The third kappa shape index (κ3) is 4.77. The average Bonchev–Trinajstić information content (AvgIpc) is 3.18. The Labute approximate surface area is 188 Å². The third-order valence-corrected chi connectivity index (χ3v) is 7.01. The van der Waals surface area contributed by atoms with Gasteiger partial charge in [0.2, 0.25) is 10.0 Å². The molecule has 0 fully saturated rings. The number of esters is 1. The van der Waals surface area contributed by atoms with E-state index in [1.807, 2.05) is 42.6 Å². The second-order valence-electron chi connectivity index (χ2n) is 6.99. The lowest BCUT2D eigenvalue weighted by Crippen LogP contribution is -2.23. The van der Waals surface area contributed by atoms with Crippen molar-refractivity contribution in [2.45, 2.75) is 25.0 Å². The van der Waals surface area contributed by atoms with Crippen molar-refractivity contribution in [3.8, 4) is 0 Å². The molecular formula is C22H19N3O5S2. The lowest BCUT2D eigenvalue weighted by atomic mass is 10.2. The van der Waals surface area contributed by atoms with Crippen molar-refractivity contribution in [3.63, 3.8) is 0 Å². The van der Waals surface area contributed by atoms with Crippen molar-refractivity contribution in [3.05, 3.63) is 98.9 Å². The first-order valence-electron chi connectivity index (χ1n) is 9.61. The van der Waals surface area contributed by atoms with Crippen LogP contribution in [0.1, 0.15) is 27.3 Å². The van der Waals surface area contributed by atoms with Crippen molar-refractivity contribution in [1.82, 2.24) is 14.1 Å². The van der Waals surface area contributed by atoms with E-state index in [9.17, 15) is 18.0 Å². The van der Waals surface area contributed by atoms with Crippen molar-refractivity contribution in [1.29, 1.82) is 0 Å². The SMILES string of the molecule is Cc1csc2nc(COC(=O)c3cccc(S(=O)(=O)NCc4ccccc4)c3)cc(=O)n12. The van der Waals surface area contributed by atoms with Crippen LogP contribution in [0.2, 0.25) is 0 Å². The minimum atomic E-state index is -3.82. The van der Waals surface area contributed by atoms with Crippen LogP contribution >= 0.6 is 11.3 Å². The zero-order valence-electron chi connectivity index (χ0n) is 17.0. The van der Waals surface area contributed by atoms with Gasteiger partial charge in [0.25, 0.3) is 5.56 Å². The van der Waals surface area contributed by atoms with Gasteiger partial charge in [0, 0.05) is 23.7 Å². The summed E-state index contributed by atoms with van der Waals surface area (Å²) in [6.07, 6.45) is 0. The molecule has 10 heteroatoms. The van der Waals surface area contributed by atoms with Gasteiger partial charge in [0.1, 0.15) is 6.61 Å². The Balaban J connectivity index is 1.45. The molecule has 4 aromatic rings. The normalized spacial score (nSPS) is 11.5. The first kappa shape index (κ1) is 21.9. The maximum absolute atomic E-state index is 12.6. The minimum absolute atomic E-state index is 0.0465. The highest BCUT2D eigenvalue weighted by Gasteiger charge is 2.17. The molecular weight excluding hydrogens is 450 g/mol. The quantitative estimate of drug-likeness (QED) is 0.417. The molecule has 8 nitrogen and oxygen atoms in total. The number of sulfonamides is 1. The molecule has 0 saturated heterocycles. The molecule has 164 valence electrons. The zero-order chi connectivity index (χ0) is 22.7. The van der Waals surface area contributed by atoms with E-state index < -0.39 is 16.0 Å². The summed E-state index contributed by atoms with van der Waals surface area (Å²) >= 11 is 1.32. The van der Waals surface area contributed by atoms with Gasteiger partial charge in [-0.2, -0.15) is 0 Å². The number of thiazole rings is 1. The lowest BCUT2D eigenvalue weighted by Gasteiger charge is -2.09. The van der Waals surface area contributed by atoms with Crippen LogP contribution in [0.3, 0.4) is 0 Å². The summed E-state index contributed by atoms with van der Waals surface area (Å²) in [4.78, 5) is 29.5. The fraction of sp³-hybridized carbons (Fsp3) is 0.136. The molecule has 1 N–H and O–H groups in total. The summed E-state index contributed by atoms with van der Waals surface area (Å²) < 4.78 is 34.5. The van der Waals surface area contributed by atoms with Crippen LogP contribution in [0.4, 0.5) is 0 Å². The number of hydrogen-bond acceptors (Lipinski definition) is 7. The van der Waals surface area contributed by atoms with Crippen LogP contribution in [0.25, 0.3) is 4.96 Å². The first-order chi connectivity index (χ1) is 15.3. The van der Waals surface area contributed by atoms with E-state index in [1.165, 1.54) is 46.1 Å². The molecule has 4 rings (SSSR count). The second-order valence-corrected chi connectivity index (χ2v) is 9.60. The minimum Gasteiger partial charge on any atom is -0.456 e. The first-order valence-corrected chi connectivity index (χ1v) is 12.0. The van der Waals surface area contributed by atoms with Gasteiger partial charge in [0.05, 0.1) is 16.2 Å². The summed E-state index contributed by atoms with van der Waals surface area (Å²) in [6.45, 7) is 1.73. The summed E-state index contributed by atoms with van der Waals surface area (Å²) in [6, 6.07) is 16.0. The van der Waals surface area contributed by atoms with Crippen molar-refractivity contribution in [2.75, 3.05) is 0 Å². The molecule has 2 aromatic heterocycles. The highest BCUT2D eigenvalue weighted by molar-refractivity contribution is 7.89. The van der Waals surface area contributed by atoms with E-state index in [0.717, 1.165) is 11.3 Å². The van der Waals surface area contributed by atoms with Gasteiger partial charge < -0.3 is 4.74 Å². The molecule has 0 radical (unpaired) electrons. The van der Waals surface area contributed by atoms with Crippen LogP contribution in [0.15, 0.2) is 75.7 Å². The summed E-state index contributed by atoms with van der Waals surface area (Å²) in [5, 5.41) is 1.82. The number of rotatable bonds is 7.